The molecule has 2 aliphatic rings. The van der Waals surface area contributed by atoms with Gasteiger partial charge in [-0.05, 0) is 59.4 Å². The Morgan fingerprint density at radius 2 is 0.976 bits per heavy atom. The van der Waals surface area contributed by atoms with Gasteiger partial charge in [-0.15, -0.1) is 0 Å². The first kappa shape index (κ1) is 32.1. The maximum atomic E-state index is 13.0. The maximum absolute atomic E-state index is 13.0. The zero-order valence-corrected chi connectivity index (χ0v) is 26.8. The number of hydrogen-bond donors (Lipinski definition) is 0. The average molecular weight is 646 g/mol. The van der Waals surface area contributed by atoms with Gasteiger partial charge >= 0.3 is 11.9 Å². The van der Waals surface area contributed by atoms with Crippen molar-refractivity contribution in [1.82, 2.24) is 0 Å². The van der Waals surface area contributed by atoms with Gasteiger partial charge in [-0.3, -0.25) is 9.59 Å². The third-order valence-corrected chi connectivity index (χ3v) is 9.28. The number of allylic oxidation sites excluding steroid dienone is 4. The van der Waals surface area contributed by atoms with Crippen LogP contribution in [0.3, 0.4) is 0 Å². The molecule has 10 heteroatoms. The van der Waals surface area contributed by atoms with Crippen molar-refractivity contribution in [2.75, 3.05) is 0 Å². The van der Waals surface area contributed by atoms with Gasteiger partial charge in [-0.25, -0.2) is 9.59 Å². The molecule has 42 heavy (non-hydrogen) atoms. The summed E-state index contributed by atoms with van der Waals surface area (Å²) in [5.74, 6) is -1.37. The number of thioether (sulfide) groups is 2. The van der Waals surface area contributed by atoms with E-state index in [4.69, 9.17) is 32.7 Å². The van der Waals surface area contributed by atoms with E-state index in [0.29, 0.717) is 45.5 Å². The molecule has 2 aliphatic carbocycles. The lowest BCUT2D eigenvalue weighted by Gasteiger charge is -2.31. The predicted octanol–water partition coefficient (Wildman–Crippen LogP) is 8.72. The Hall–Kier alpha value is -2.78. The van der Waals surface area contributed by atoms with E-state index in [1.165, 1.54) is 23.5 Å². The highest BCUT2D eigenvalue weighted by atomic mass is 35.5. The molecule has 0 aliphatic heterocycles. The fourth-order valence-electron chi connectivity index (χ4n) is 4.58. The highest BCUT2D eigenvalue weighted by Crippen LogP contribution is 2.44. The zero-order chi connectivity index (χ0) is 30.7. The molecule has 0 saturated carbocycles. The van der Waals surface area contributed by atoms with Crippen LogP contribution in [0.4, 0.5) is 0 Å². The molecule has 0 unspecified atom stereocenters. The van der Waals surface area contributed by atoms with E-state index in [1.807, 2.05) is 27.7 Å². The van der Waals surface area contributed by atoms with E-state index in [1.54, 1.807) is 48.5 Å². The molecule has 0 N–H and O–H groups in total. The van der Waals surface area contributed by atoms with Gasteiger partial charge in [-0.2, -0.15) is 0 Å². The molecular weight excluding hydrogens is 615 g/mol. The van der Waals surface area contributed by atoms with Crippen LogP contribution in [-0.2, 0) is 28.7 Å². The van der Waals surface area contributed by atoms with Crippen molar-refractivity contribution < 1.29 is 28.7 Å². The van der Waals surface area contributed by atoms with Gasteiger partial charge in [0.05, 0.1) is 9.81 Å². The van der Waals surface area contributed by atoms with E-state index >= 15 is 0 Å². The molecule has 0 spiro atoms. The topological polar surface area (TPSA) is 86.7 Å². The summed E-state index contributed by atoms with van der Waals surface area (Å²) in [4.78, 5) is 53.8. The average Bonchev–Trinajstić information content (AvgIpc) is 2.88. The standard InChI is InChI=1S/C32H30Cl2O6S2/c1-31(2)15-23(35)29(41-21-9-5-19(33)6-10-21)25(17-31)39-27(37)13-14-28(38)40-26-18-32(3,4)16-24(36)30(26)42-22-11-7-20(34)8-12-22/h5-14H,15-18H2,1-4H3/b14-13+. The molecule has 0 amide bonds. The normalized spacial score (nSPS) is 18.4. The van der Waals surface area contributed by atoms with E-state index in [9.17, 15) is 19.2 Å². The number of carbonyl (C=O) groups excluding carboxylic acids is 4. The van der Waals surface area contributed by atoms with E-state index in [0.717, 1.165) is 21.9 Å². The second-order valence-corrected chi connectivity index (χ2v) is 14.7. The van der Waals surface area contributed by atoms with E-state index in [-0.39, 0.29) is 23.1 Å². The van der Waals surface area contributed by atoms with Gasteiger partial charge in [0.1, 0.15) is 11.5 Å². The van der Waals surface area contributed by atoms with Crippen molar-refractivity contribution in [2.24, 2.45) is 10.8 Å². The third-order valence-electron chi connectivity index (χ3n) is 6.44. The Labute approximate surface area is 263 Å². The lowest BCUT2D eigenvalue weighted by Crippen LogP contribution is -2.27. The fraction of sp³-hybridized carbons (Fsp3) is 0.312. The SMILES string of the molecule is CC1(C)CC(=O)C(Sc2ccc(Cl)cc2)=C(OC(=O)/C=C/C(=O)OC2=C(Sc3ccc(Cl)cc3)C(=O)CC(C)(C)C2)C1. The Bertz CT molecular complexity index is 1390. The van der Waals surface area contributed by atoms with Crippen molar-refractivity contribution in [3.63, 3.8) is 0 Å². The van der Waals surface area contributed by atoms with Crippen LogP contribution < -0.4 is 0 Å². The second kappa shape index (κ2) is 13.2. The van der Waals surface area contributed by atoms with Gasteiger partial charge in [-0.1, -0.05) is 74.4 Å². The summed E-state index contributed by atoms with van der Waals surface area (Å²) in [6.45, 7) is 7.71. The molecule has 2 aromatic rings. The van der Waals surface area contributed by atoms with Crippen molar-refractivity contribution in [3.05, 3.63) is 92.1 Å². The first-order valence-corrected chi connectivity index (χ1v) is 15.6. The van der Waals surface area contributed by atoms with Gasteiger partial charge in [0, 0.05) is 57.7 Å². The van der Waals surface area contributed by atoms with E-state index in [2.05, 4.69) is 0 Å². The molecule has 0 fully saturated rings. The lowest BCUT2D eigenvalue weighted by molar-refractivity contribution is -0.137. The first-order chi connectivity index (χ1) is 19.7. The molecule has 6 nitrogen and oxygen atoms in total. The van der Waals surface area contributed by atoms with Crippen LogP contribution in [0.5, 0.6) is 0 Å². The number of halogens is 2. The molecule has 0 aromatic heterocycles. The van der Waals surface area contributed by atoms with Crippen molar-refractivity contribution >= 4 is 70.2 Å². The van der Waals surface area contributed by atoms with Crippen LogP contribution in [0.1, 0.15) is 53.4 Å². The molecule has 0 bridgehead atoms. The van der Waals surface area contributed by atoms with Crippen molar-refractivity contribution in [3.8, 4) is 0 Å². The number of hydrogen-bond acceptors (Lipinski definition) is 8. The number of ether oxygens (including phenoxy) is 2. The quantitative estimate of drug-likeness (QED) is 0.208. The van der Waals surface area contributed by atoms with Crippen LogP contribution in [0.15, 0.2) is 91.8 Å². The highest BCUT2D eigenvalue weighted by molar-refractivity contribution is 8.04. The monoisotopic (exact) mass is 644 g/mol. The summed E-state index contributed by atoms with van der Waals surface area (Å²) in [5, 5.41) is 1.14. The number of carbonyl (C=O) groups is 4. The Balaban J connectivity index is 1.50. The third kappa shape index (κ3) is 8.86. The number of benzene rings is 2. The molecule has 4 rings (SSSR count). The van der Waals surface area contributed by atoms with Crippen LogP contribution >= 0.6 is 46.7 Å². The van der Waals surface area contributed by atoms with Crippen LogP contribution in [0.2, 0.25) is 10.0 Å². The number of rotatable bonds is 8. The van der Waals surface area contributed by atoms with Gasteiger partial charge in [0.25, 0.3) is 0 Å². The van der Waals surface area contributed by atoms with Gasteiger partial charge in [0.2, 0.25) is 0 Å². The summed E-state index contributed by atoms with van der Waals surface area (Å²) in [6, 6.07) is 14.0. The molecule has 0 radical (unpaired) electrons. The molecule has 0 atom stereocenters. The minimum absolute atomic E-state index is 0.125. The molecule has 0 heterocycles. The van der Waals surface area contributed by atoms with Crippen molar-refractivity contribution in [2.45, 2.75) is 63.2 Å². The summed E-state index contributed by atoms with van der Waals surface area (Å²) >= 11 is 14.4. The van der Waals surface area contributed by atoms with Gasteiger partial charge < -0.3 is 9.47 Å². The molecular formula is C32H30Cl2O6S2. The summed E-state index contributed by atoms with van der Waals surface area (Å²) in [6.07, 6.45) is 3.30. The van der Waals surface area contributed by atoms with Crippen molar-refractivity contribution in [1.29, 1.82) is 0 Å². The summed E-state index contributed by atoms with van der Waals surface area (Å²) < 4.78 is 11.2. The number of esters is 2. The Morgan fingerprint density at radius 1 is 0.643 bits per heavy atom. The minimum Gasteiger partial charge on any atom is -0.427 e. The molecule has 2 aromatic carbocycles. The van der Waals surface area contributed by atoms with Crippen LogP contribution in [-0.4, -0.2) is 23.5 Å². The summed E-state index contributed by atoms with van der Waals surface area (Å²) in [5.41, 5.74) is -0.797. The van der Waals surface area contributed by atoms with E-state index < -0.39 is 22.8 Å². The molecule has 220 valence electrons. The Kier molecular flexibility index (Phi) is 10.1. The largest absolute Gasteiger partial charge is 0.427 e. The smallest absolute Gasteiger partial charge is 0.336 e. The van der Waals surface area contributed by atoms with Crippen LogP contribution in [0, 0.1) is 10.8 Å². The Morgan fingerprint density at radius 3 is 1.31 bits per heavy atom. The van der Waals surface area contributed by atoms with Gasteiger partial charge in [0.15, 0.2) is 11.6 Å². The number of ketones is 2. The molecule has 0 saturated heterocycles. The second-order valence-electron chi connectivity index (χ2n) is 11.7. The minimum atomic E-state index is -0.813. The predicted molar refractivity (Wildman–Crippen MR) is 166 cm³/mol. The van der Waals surface area contributed by atoms with Crippen LogP contribution in [0.25, 0.3) is 0 Å². The summed E-state index contributed by atoms with van der Waals surface area (Å²) in [7, 11) is 0. The fourth-order valence-corrected chi connectivity index (χ4v) is 6.67. The maximum Gasteiger partial charge on any atom is 0.336 e. The first-order valence-electron chi connectivity index (χ1n) is 13.2. The lowest BCUT2D eigenvalue weighted by atomic mass is 9.79. The highest BCUT2D eigenvalue weighted by Gasteiger charge is 2.36. The zero-order valence-electron chi connectivity index (χ0n) is 23.6. The number of Topliss-reactive ketones (excluding diaryl/α,β-unsaturated/α-hetero) is 2.